The molecule has 4 rings (SSSR count). The fraction of sp³-hybridized carbons (Fsp3) is 0.208. The van der Waals surface area contributed by atoms with Crippen molar-refractivity contribution < 1.29 is 18.7 Å². The molecule has 0 fully saturated rings. The van der Waals surface area contributed by atoms with Gasteiger partial charge >= 0.3 is 5.97 Å². The normalized spacial score (nSPS) is 10.8. The van der Waals surface area contributed by atoms with E-state index < -0.39 is 5.41 Å². The molecule has 0 bridgehead atoms. The van der Waals surface area contributed by atoms with Crippen molar-refractivity contribution in [2.24, 2.45) is 0 Å². The zero-order valence-corrected chi connectivity index (χ0v) is 18.0. The van der Waals surface area contributed by atoms with Crippen LogP contribution in [0, 0.1) is 0 Å². The Balaban J connectivity index is 0.000000176. The molecular formula is C24H25N3O4. The number of fused-ring (bicyclic) bond motifs is 1. The van der Waals surface area contributed by atoms with E-state index in [9.17, 15) is 9.59 Å². The van der Waals surface area contributed by atoms with E-state index in [0.717, 1.165) is 34.4 Å². The van der Waals surface area contributed by atoms with Crippen LogP contribution in [0.25, 0.3) is 16.8 Å². The van der Waals surface area contributed by atoms with Gasteiger partial charge in [0.15, 0.2) is 0 Å². The highest BCUT2D eigenvalue weighted by molar-refractivity contribution is 5.82. The molecule has 3 heterocycles. The van der Waals surface area contributed by atoms with E-state index in [-0.39, 0.29) is 5.97 Å². The minimum Gasteiger partial charge on any atom is -0.472 e. The number of rotatable bonds is 5. The van der Waals surface area contributed by atoms with Crippen molar-refractivity contribution in [2.45, 2.75) is 19.3 Å². The Kier molecular flexibility index (Phi) is 6.55. The number of hydrogen-bond acceptors (Lipinski definition) is 6. The number of nitrogens with one attached hydrogen (secondary N) is 1. The van der Waals surface area contributed by atoms with Crippen molar-refractivity contribution in [3.8, 4) is 11.1 Å². The van der Waals surface area contributed by atoms with Gasteiger partial charge in [0.05, 0.1) is 31.2 Å². The predicted octanol–water partition coefficient (Wildman–Crippen LogP) is 4.59. The topological polar surface area (TPSA) is 85.8 Å². The van der Waals surface area contributed by atoms with E-state index in [4.69, 9.17) is 9.15 Å². The molecule has 0 aliphatic carbocycles. The molecule has 0 radical (unpaired) electrons. The average molecular weight is 419 g/mol. The second kappa shape index (κ2) is 9.30. The third-order valence-electron chi connectivity index (χ3n) is 5.03. The van der Waals surface area contributed by atoms with Gasteiger partial charge in [-0.25, -0.2) is 4.98 Å². The lowest BCUT2D eigenvalue weighted by Crippen LogP contribution is -2.30. The van der Waals surface area contributed by atoms with Crippen LogP contribution < -0.4 is 5.32 Å². The van der Waals surface area contributed by atoms with E-state index in [2.05, 4.69) is 10.3 Å². The number of hydrogen-bond donors (Lipinski definition) is 1. The molecule has 0 amide bonds. The lowest BCUT2D eigenvalue weighted by Gasteiger charge is -2.21. The Morgan fingerprint density at radius 3 is 2.42 bits per heavy atom. The summed E-state index contributed by atoms with van der Waals surface area (Å²) in [4.78, 5) is 26.3. The van der Waals surface area contributed by atoms with Crippen LogP contribution in [0.5, 0.6) is 0 Å². The number of ether oxygens (including phenoxy) is 1. The molecular weight excluding hydrogens is 394 g/mol. The second-order valence-electron chi connectivity index (χ2n) is 7.43. The molecule has 0 spiro atoms. The number of aromatic nitrogens is 2. The van der Waals surface area contributed by atoms with E-state index >= 15 is 0 Å². The standard InChI is InChI=1S/C12H11N3O.C12H14O3/c1-13-11-7-15-6-9(2-3-12(15)14-11)10-4-5-16-8-10;1-12(2,11(14)15-3)10-6-4-9(8-13)5-7-10/h2-8,13H,1H3;4-8H,1-3H3. The molecule has 0 aliphatic heterocycles. The zero-order valence-electron chi connectivity index (χ0n) is 18.0. The molecule has 0 saturated carbocycles. The number of imidazole rings is 1. The molecule has 0 atom stereocenters. The van der Waals surface area contributed by atoms with Gasteiger partial charge in [-0.05, 0) is 37.6 Å². The van der Waals surface area contributed by atoms with Gasteiger partial charge in [-0.1, -0.05) is 24.3 Å². The van der Waals surface area contributed by atoms with Gasteiger partial charge in [-0.15, -0.1) is 0 Å². The van der Waals surface area contributed by atoms with Crippen LogP contribution in [0.4, 0.5) is 5.82 Å². The monoisotopic (exact) mass is 419 g/mol. The summed E-state index contributed by atoms with van der Waals surface area (Å²) in [7, 11) is 3.22. The Morgan fingerprint density at radius 2 is 1.84 bits per heavy atom. The smallest absolute Gasteiger partial charge is 0.315 e. The number of anilines is 1. The van der Waals surface area contributed by atoms with Crippen molar-refractivity contribution in [1.82, 2.24) is 9.38 Å². The first-order chi connectivity index (χ1) is 14.9. The molecule has 0 aliphatic rings. The maximum absolute atomic E-state index is 11.5. The summed E-state index contributed by atoms with van der Waals surface area (Å²) in [5.41, 5.74) is 3.86. The van der Waals surface area contributed by atoms with E-state index in [1.54, 1.807) is 50.6 Å². The van der Waals surface area contributed by atoms with Crippen molar-refractivity contribution in [3.63, 3.8) is 0 Å². The molecule has 160 valence electrons. The summed E-state index contributed by atoms with van der Waals surface area (Å²) in [6, 6.07) is 12.9. The van der Waals surface area contributed by atoms with Gasteiger partial charge in [-0.3, -0.25) is 9.59 Å². The van der Waals surface area contributed by atoms with Gasteiger partial charge in [0, 0.05) is 29.9 Å². The lowest BCUT2D eigenvalue weighted by molar-refractivity contribution is -0.146. The first-order valence-electron chi connectivity index (χ1n) is 9.72. The number of benzene rings is 1. The summed E-state index contributed by atoms with van der Waals surface area (Å²) >= 11 is 0. The number of carbonyl (C=O) groups is 2. The predicted molar refractivity (Wildman–Crippen MR) is 119 cm³/mol. The SMILES string of the molecule is CNc1cn2cc(-c3ccoc3)ccc2n1.COC(=O)C(C)(C)c1ccc(C=O)cc1. The van der Waals surface area contributed by atoms with E-state index in [1.807, 2.05) is 42.0 Å². The fourth-order valence-electron chi connectivity index (χ4n) is 3.06. The number of esters is 1. The van der Waals surface area contributed by atoms with E-state index in [1.165, 1.54) is 7.11 Å². The van der Waals surface area contributed by atoms with Crippen molar-refractivity contribution in [3.05, 3.63) is 78.5 Å². The third kappa shape index (κ3) is 4.83. The lowest BCUT2D eigenvalue weighted by atomic mass is 9.84. The molecule has 31 heavy (non-hydrogen) atoms. The van der Waals surface area contributed by atoms with Gasteiger partial charge in [0.2, 0.25) is 0 Å². The van der Waals surface area contributed by atoms with Crippen LogP contribution in [0.3, 0.4) is 0 Å². The molecule has 1 aromatic carbocycles. The van der Waals surface area contributed by atoms with Gasteiger partial charge in [-0.2, -0.15) is 0 Å². The van der Waals surface area contributed by atoms with Crippen LogP contribution in [0.1, 0.15) is 29.8 Å². The Morgan fingerprint density at radius 1 is 1.10 bits per heavy atom. The van der Waals surface area contributed by atoms with Crippen LogP contribution in [-0.2, 0) is 14.9 Å². The maximum Gasteiger partial charge on any atom is 0.315 e. The first kappa shape index (κ1) is 21.8. The molecule has 0 unspecified atom stereocenters. The number of carbonyl (C=O) groups excluding carboxylic acids is 2. The summed E-state index contributed by atoms with van der Waals surface area (Å²) in [5.74, 6) is 0.575. The zero-order chi connectivity index (χ0) is 22.4. The summed E-state index contributed by atoms with van der Waals surface area (Å²) in [6.45, 7) is 3.57. The maximum atomic E-state index is 11.5. The van der Waals surface area contributed by atoms with Crippen LogP contribution in [0.2, 0.25) is 0 Å². The molecule has 4 aromatic rings. The third-order valence-corrected chi connectivity index (χ3v) is 5.03. The fourth-order valence-corrected chi connectivity index (χ4v) is 3.06. The van der Waals surface area contributed by atoms with Crippen LogP contribution >= 0.6 is 0 Å². The Labute approximate surface area is 180 Å². The second-order valence-corrected chi connectivity index (χ2v) is 7.43. The molecule has 3 aromatic heterocycles. The highest BCUT2D eigenvalue weighted by Gasteiger charge is 2.30. The minimum atomic E-state index is -0.684. The molecule has 1 N–H and O–H groups in total. The molecule has 0 saturated heterocycles. The highest BCUT2D eigenvalue weighted by Crippen LogP contribution is 2.24. The summed E-state index contributed by atoms with van der Waals surface area (Å²) in [6.07, 6.45) is 8.17. The van der Waals surface area contributed by atoms with Crippen molar-refractivity contribution >= 4 is 23.7 Å². The Bertz CT molecular complexity index is 1160. The van der Waals surface area contributed by atoms with Gasteiger partial charge in [0.1, 0.15) is 17.8 Å². The average Bonchev–Trinajstić information content (AvgIpc) is 3.48. The van der Waals surface area contributed by atoms with Gasteiger partial charge < -0.3 is 18.9 Å². The van der Waals surface area contributed by atoms with E-state index in [0.29, 0.717) is 5.56 Å². The number of furan rings is 1. The largest absolute Gasteiger partial charge is 0.472 e. The van der Waals surface area contributed by atoms with Gasteiger partial charge in [0.25, 0.3) is 0 Å². The number of methoxy groups -OCH3 is 1. The minimum absolute atomic E-state index is 0.290. The number of aldehydes is 1. The first-order valence-corrected chi connectivity index (χ1v) is 9.72. The highest BCUT2D eigenvalue weighted by atomic mass is 16.5. The van der Waals surface area contributed by atoms with Crippen molar-refractivity contribution in [1.29, 1.82) is 0 Å². The molecule has 7 nitrogen and oxygen atoms in total. The van der Waals surface area contributed by atoms with Crippen LogP contribution in [-0.4, -0.2) is 35.8 Å². The summed E-state index contributed by atoms with van der Waals surface area (Å²) < 4.78 is 11.8. The number of nitrogens with zero attached hydrogens (tertiary/aromatic N) is 2. The van der Waals surface area contributed by atoms with Crippen molar-refractivity contribution in [2.75, 3.05) is 19.5 Å². The number of pyridine rings is 1. The quantitative estimate of drug-likeness (QED) is 0.376. The molecule has 7 heteroatoms. The van der Waals surface area contributed by atoms with Crippen LogP contribution in [0.15, 0.2) is 71.8 Å². The Hall–Kier alpha value is -3.87. The summed E-state index contributed by atoms with van der Waals surface area (Å²) in [5, 5.41) is 3.02.